The predicted octanol–water partition coefficient (Wildman–Crippen LogP) is 3.28. The third kappa shape index (κ3) is 5.52. The number of hydrogen-bond donors (Lipinski definition) is 1. The third-order valence-corrected chi connectivity index (χ3v) is 4.01. The fraction of sp³-hybridized carbons (Fsp3) is 0.267. The summed E-state index contributed by atoms with van der Waals surface area (Å²) in [7, 11) is -3.75. The number of nitrogens with zero attached hydrogens (tertiary/aromatic N) is 2. The number of hydrogen-bond acceptors (Lipinski definition) is 4. The molecule has 2 rings (SSSR count). The molecular weight excluding hydrogens is 373 g/mol. The molecule has 0 atom stereocenters. The first kappa shape index (κ1) is 18.8. The average Bonchev–Trinajstić information content (AvgIpc) is 2.80. The molecule has 2 aromatic rings. The molecule has 0 aliphatic rings. The van der Waals surface area contributed by atoms with Crippen LogP contribution in [0.5, 0.6) is 5.88 Å². The van der Waals surface area contributed by atoms with E-state index in [-0.39, 0.29) is 6.10 Å². The molecule has 0 bridgehead atoms. The zero-order valence-corrected chi connectivity index (χ0v) is 15.4. The zero-order valence-electron chi connectivity index (χ0n) is 13.1. The van der Waals surface area contributed by atoms with Crippen LogP contribution >= 0.6 is 23.2 Å². The van der Waals surface area contributed by atoms with Crippen LogP contribution in [0.3, 0.4) is 0 Å². The van der Waals surface area contributed by atoms with E-state index in [0.717, 1.165) is 11.0 Å². The molecule has 0 aliphatic carbocycles. The topological polar surface area (TPSA) is 87.2 Å². The molecule has 1 aromatic heterocycles. The van der Waals surface area contributed by atoms with Gasteiger partial charge in [-0.25, -0.2) is 13.6 Å². The van der Waals surface area contributed by atoms with Crippen LogP contribution in [0, 0.1) is 0 Å². The van der Waals surface area contributed by atoms with Crippen LogP contribution in [-0.4, -0.2) is 24.3 Å². The Kier molecular flexibility index (Phi) is 5.92. The molecule has 1 heterocycles. The molecule has 0 saturated carbocycles. The van der Waals surface area contributed by atoms with Gasteiger partial charge in [0, 0.05) is 21.5 Å². The third-order valence-electron chi connectivity index (χ3n) is 2.91. The van der Waals surface area contributed by atoms with E-state index in [2.05, 4.69) is 5.10 Å². The summed E-state index contributed by atoms with van der Waals surface area (Å²) in [5.41, 5.74) is 1.30. The molecular formula is C15H17Cl2N3O3S. The van der Waals surface area contributed by atoms with Crippen molar-refractivity contribution >= 4 is 39.3 Å². The van der Waals surface area contributed by atoms with Gasteiger partial charge in [-0.1, -0.05) is 29.3 Å². The second-order valence-electron chi connectivity index (χ2n) is 5.36. The maximum Gasteiger partial charge on any atom is 0.233 e. The maximum absolute atomic E-state index is 11.1. The maximum atomic E-state index is 11.1. The highest BCUT2D eigenvalue weighted by Crippen LogP contribution is 2.23. The van der Waals surface area contributed by atoms with E-state index < -0.39 is 10.0 Å². The van der Waals surface area contributed by atoms with E-state index in [9.17, 15) is 8.42 Å². The number of primary sulfonamides is 1. The number of rotatable bonds is 6. The van der Waals surface area contributed by atoms with Crippen molar-refractivity contribution in [1.29, 1.82) is 0 Å². The number of benzene rings is 1. The Morgan fingerprint density at radius 1 is 1.33 bits per heavy atom. The minimum atomic E-state index is -3.75. The van der Waals surface area contributed by atoms with Gasteiger partial charge < -0.3 is 4.74 Å². The lowest BCUT2D eigenvalue weighted by Crippen LogP contribution is -2.09. The fourth-order valence-electron chi connectivity index (χ4n) is 1.94. The van der Waals surface area contributed by atoms with Crippen LogP contribution in [0.1, 0.15) is 25.1 Å². The van der Waals surface area contributed by atoms with Crippen LogP contribution in [0.2, 0.25) is 10.0 Å². The second kappa shape index (κ2) is 7.57. The van der Waals surface area contributed by atoms with Gasteiger partial charge in [-0.15, -0.1) is 5.10 Å². The normalized spacial score (nSPS) is 12.2. The summed E-state index contributed by atoms with van der Waals surface area (Å²) < 4.78 is 29.4. The van der Waals surface area contributed by atoms with Crippen molar-refractivity contribution in [3.8, 4) is 5.88 Å². The van der Waals surface area contributed by atoms with E-state index in [4.69, 9.17) is 33.1 Å². The monoisotopic (exact) mass is 389 g/mol. The molecule has 0 radical (unpaired) electrons. The van der Waals surface area contributed by atoms with Gasteiger partial charge in [0.1, 0.15) is 0 Å². The Bertz CT molecular complexity index is 861. The summed E-state index contributed by atoms with van der Waals surface area (Å²) in [4.78, 5) is 0. The molecule has 9 heteroatoms. The standard InChI is InChI=1S/C15H17Cl2N3O3S/c1-10(2)23-15-8-13(5-6-24(18,21)22)20(19-15)9-11-3-4-12(16)7-14(11)17/h3-8,10H,9H2,1-2H3,(H2,18,21,22)/b6-5+. The average molecular weight is 390 g/mol. The van der Waals surface area contributed by atoms with Crippen LogP contribution in [0.15, 0.2) is 29.7 Å². The minimum Gasteiger partial charge on any atom is -0.474 e. The predicted molar refractivity (Wildman–Crippen MR) is 95.7 cm³/mol. The summed E-state index contributed by atoms with van der Waals surface area (Å²) >= 11 is 12.1. The van der Waals surface area contributed by atoms with E-state index in [1.807, 2.05) is 13.8 Å². The first-order valence-corrected chi connectivity index (χ1v) is 9.40. The van der Waals surface area contributed by atoms with E-state index in [1.54, 1.807) is 28.9 Å². The van der Waals surface area contributed by atoms with Crippen molar-refractivity contribution in [2.75, 3.05) is 0 Å². The number of sulfonamides is 1. The summed E-state index contributed by atoms with van der Waals surface area (Å²) in [6, 6.07) is 6.76. The Morgan fingerprint density at radius 2 is 2.04 bits per heavy atom. The van der Waals surface area contributed by atoms with Crippen LogP contribution in [0.25, 0.3) is 6.08 Å². The zero-order chi connectivity index (χ0) is 17.9. The van der Waals surface area contributed by atoms with E-state index >= 15 is 0 Å². The summed E-state index contributed by atoms with van der Waals surface area (Å²) in [5, 5.41) is 11.3. The van der Waals surface area contributed by atoms with Crippen molar-refractivity contribution in [2.45, 2.75) is 26.5 Å². The lowest BCUT2D eigenvalue weighted by Gasteiger charge is -2.08. The quantitative estimate of drug-likeness (QED) is 0.820. The first-order valence-electron chi connectivity index (χ1n) is 7.03. The largest absolute Gasteiger partial charge is 0.474 e. The minimum absolute atomic E-state index is 0.0671. The van der Waals surface area contributed by atoms with Gasteiger partial charge in [-0.05, 0) is 37.6 Å². The molecule has 0 fully saturated rings. The highest BCUT2D eigenvalue weighted by Gasteiger charge is 2.11. The number of aromatic nitrogens is 2. The molecule has 0 amide bonds. The van der Waals surface area contributed by atoms with Crippen LogP contribution in [-0.2, 0) is 16.6 Å². The first-order chi connectivity index (χ1) is 11.1. The van der Waals surface area contributed by atoms with Gasteiger partial charge in [-0.3, -0.25) is 4.68 Å². The Morgan fingerprint density at radius 3 is 2.62 bits per heavy atom. The highest BCUT2D eigenvalue weighted by molar-refractivity contribution is 7.92. The Balaban J connectivity index is 2.38. The van der Waals surface area contributed by atoms with Gasteiger partial charge in [-0.2, -0.15) is 0 Å². The second-order valence-corrected chi connectivity index (χ2v) is 7.65. The smallest absolute Gasteiger partial charge is 0.233 e. The number of ether oxygens (including phenoxy) is 1. The molecule has 0 unspecified atom stereocenters. The number of halogens is 2. The van der Waals surface area contributed by atoms with Gasteiger partial charge in [0.2, 0.25) is 15.9 Å². The van der Waals surface area contributed by atoms with E-state index in [0.29, 0.717) is 28.2 Å². The number of nitrogens with two attached hydrogens (primary N) is 1. The molecule has 0 saturated heterocycles. The van der Waals surface area contributed by atoms with Crippen molar-refractivity contribution in [3.63, 3.8) is 0 Å². The molecule has 24 heavy (non-hydrogen) atoms. The lowest BCUT2D eigenvalue weighted by atomic mass is 10.2. The van der Waals surface area contributed by atoms with Gasteiger partial charge >= 0.3 is 0 Å². The summed E-state index contributed by atoms with van der Waals surface area (Å²) in [5.74, 6) is 0.379. The fourth-order valence-corrected chi connectivity index (χ4v) is 2.74. The summed E-state index contributed by atoms with van der Waals surface area (Å²) in [6.45, 7) is 4.06. The van der Waals surface area contributed by atoms with Gasteiger partial charge in [0.05, 0.1) is 18.3 Å². The van der Waals surface area contributed by atoms with Crippen molar-refractivity contribution in [2.24, 2.45) is 5.14 Å². The molecule has 2 N–H and O–H groups in total. The van der Waals surface area contributed by atoms with Gasteiger partial charge in [0.15, 0.2) is 0 Å². The molecule has 6 nitrogen and oxygen atoms in total. The molecule has 1 aromatic carbocycles. The Labute approximate surface area is 150 Å². The molecule has 0 aliphatic heterocycles. The van der Waals surface area contributed by atoms with Crippen LogP contribution in [0.4, 0.5) is 0 Å². The Hall–Kier alpha value is -1.54. The van der Waals surface area contributed by atoms with Crippen molar-refractivity contribution < 1.29 is 13.2 Å². The van der Waals surface area contributed by atoms with E-state index in [1.165, 1.54) is 6.08 Å². The SMILES string of the molecule is CC(C)Oc1cc(/C=C/S(N)(=O)=O)n(Cc2ccc(Cl)cc2Cl)n1. The molecule has 0 spiro atoms. The van der Waals surface area contributed by atoms with Crippen LogP contribution < -0.4 is 9.88 Å². The summed E-state index contributed by atoms with van der Waals surface area (Å²) in [6.07, 6.45) is 1.29. The highest BCUT2D eigenvalue weighted by atomic mass is 35.5. The van der Waals surface area contributed by atoms with Crippen molar-refractivity contribution in [3.05, 3.63) is 51.0 Å². The van der Waals surface area contributed by atoms with Gasteiger partial charge in [0.25, 0.3) is 0 Å². The lowest BCUT2D eigenvalue weighted by molar-refractivity contribution is 0.230. The molecule has 130 valence electrons. The van der Waals surface area contributed by atoms with Crippen molar-refractivity contribution in [1.82, 2.24) is 9.78 Å².